The van der Waals surface area contributed by atoms with Gasteiger partial charge in [0, 0.05) is 13.1 Å². The van der Waals surface area contributed by atoms with Crippen molar-refractivity contribution in [3.8, 4) is 11.5 Å². The highest BCUT2D eigenvalue weighted by Gasteiger charge is 2.15. The maximum atomic E-state index is 13.0. The Balaban J connectivity index is 1.44. The Morgan fingerprint density at radius 1 is 1.19 bits per heavy atom. The van der Waals surface area contributed by atoms with Crippen LogP contribution in [0.1, 0.15) is 25.8 Å². The molecule has 31 heavy (non-hydrogen) atoms. The topological polar surface area (TPSA) is 82.5 Å². The summed E-state index contributed by atoms with van der Waals surface area (Å²) in [5.74, 6) is 1.92. The summed E-state index contributed by atoms with van der Waals surface area (Å²) in [7, 11) is 0. The zero-order chi connectivity index (χ0) is 21.8. The van der Waals surface area contributed by atoms with E-state index in [-0.39, 0.29) is 24.0 Å². The summed E-state index contributed by atoms with van der Waals surface area (Å²) in [6, 6.07) is 12.9. The van der Waals surface area contributed by atoms with Gasteiger partial charge in [-0.3, -0.25) is 14.2 Å². The highest BCUT2D eigenvalue weighted by molar-refractivity contribution is 7.99. The number of para-hydroxylation sites is 1. The minimum absolute atomic E-state index is 0.0606. The molecule has 2 aromatic carbocycles. The zero-order valence-corrected chi connectivity index (χ0v) is 18.4. The Hall–Kier alpha value is -3.00. The number of benzene rings is 2. The molecule has 1 aliphatic heterocycles. The number of carbonyl (C=O) groups is 1. The summed E-state index contributed by atoms with van der Waals surface area (Å²) in [6.07, 6.45) is 0.865. The van der Waals surface area contributed by atoms with Gasteiger partial charge in [0.25, 0.3) is 5.56 Å². The van der Waals surface area contributed by atoms with E-state index in [1.807, 2.05) is 36.4 Å². The standard InChI is InChI=1S/C23H25N3O4S/c1-15(2)9-10-26-22(28)17-5-3-4-6-18(17)25-23(26)31-13-21(27)24-12-16-7-8-19-20(11-16)30-14-29-19/h3-8,11,15H,9-10,12-14H2,1-2H3,(H,24,27). The highest BCUT2D eigenvalue weighted by Crippen LogP contribution is 2.32. The number of amides is 1. The third-order valence-corrected chi connectivity index (χ3v) is 5.99. The van der Waals surface area contributed by atoms with Crippen molar-refractivity contribution >= 4 is 28.6 Å². The summed E-state index contributed by atoms with van der Waals surface area (Å²) in [5, 5.41) is 4.08. The van der Waals surface area contributed by atoms with Gasteiger partial charge in [-0.25, -0.2) is 4.98 Å². The summed E-state index contributed by atoms with van der Waals surface area (Å²) >= 11 is 1.29. The quantitative estimate of drug-likeness (QED) is 0.427. The second-order valence-corrected chi connectivity index (χ2v) is 8.75. The molecule has 8 heteroatoms. The molecular weight excluding hydrogens is 414 g/mol. The van der Waals surface area contributed by atoms with Crippen molar-refractivity contribution in [3.05, 3.63) is 58.4 Å². The third kappa shape index (κ3) is 5.02. The minimum atomic E-state index is -0.125. The molecule has 3 aromatic rings. The fraction of sp³-hybridized carbons (Fsp3) is 0.348. The fourth-order valence-electron chi connectivity index (χ4n) is 3.28. The van der Waals surface area contributed by atoms with E-state index in [4.69, 9.17) is 9.47 Å². The van der Waals surface area contributed by atoms with Crippen molar-refractivity contribution < 1.29 is 14.3 Å². The van der Waals surface area contributed by atoms with E-state index in [1.165, 1.54) is 11.8 Å². The van der Waals surface area contributed by atoms with E-state index in [9.17, 15) is 9.59 Å². The number of thioether (sulfide) groups is 1. The highest BCUT2D eigenvalue weighted by atomic mass is 32.2. The summed E-state index contributed by atoms with van der Waals surface area (Å²) in [6.45, 7) is 5.43. The first-order chi connectivity index (χ1) is 15.0. The molecule has 0 unspecified atom stereocenters. The first kappa shape index (κ1) is 21.2. The predicted molar refractivity (Wildman–Crippen MR) is 121 cm³/mol. The molecule has 1 N–H and O–H groups in total. The van der Waals surface area contributed by atoms with Gasteiger partial charge in [0.15, 0.2) is 16.7 Å². The van der Waals surface area contributed by atoms with Crippen LogP contribution in [0.4, 0.5) is 0 Å². The Labute approximate surface area is 184 Å². The molecule has 0 spiro atoms. The van der Waals surface area contributed by atoms with Gasteiger partial charge in [-0.15, -0.1) is 0 Å². The van der Waals surface area contributed by atoms with Crippen LogP contribution in [0.15, 0.2) is 52.4 Å². The average Bonchev–Trinajstić information content (AvgIpc) is 3.23. The van der Waals surface area contributed by atoms with Crippen molar-refractivity contribution in [2.45, 2.75) is 38.5 Å². The van der Waals surface area contributed by atoms with E-state index in [1.54, 1.807) is 10.6 Å². The van der Waals surface area contributed by atoms with Gasteiger partial charge >= 0.3 is 0 Å². The molecule has 1 aromatic heterocycles. The lowest BCUT2D eigenvalue weighted by Crippen LogP contribution is -2.27. The van der Waals surface area contributed by atoms with Crippen molar-refractivity contribution in [1.82, 2.24) is 14.9 Å². The van der Waals surface area contributed by atoms with Crippen LogP contribution in [0.5, 0.6) is 11.5 Å². The Morgan fingerprint density at radius 2 is 2.00 bits per heavy atom. The van der Waals surface area contributed by atoms with Crippen LogP contribution in [0.2, 0.25) is 0 Å². The van der Waals surface area contributed by atoms with Crippen molar-refractivity contribution in [2.75, 3.05) is 12.5 Å². The van der Waals surface area contributed by atoms with Gasteiger partial charge < -0.3 is 14.8 Å². The molecule has 0 atom stereocenters. The predicted octanol–water partition coefficient (Wildman–Crippen LogP) is 3.58. The van der Waals surface area contributed by atoms with Crippen molar-refractivity contribution in [2.24, 2.45) is 5.92 Å². The number of fused-ring (bicyclic) bond motifs is 2. The minimum Gasteiger partial charge on any atom is -0.454 e. The van der Waals surface area contributed by atoms with Crippen molar-refractivity contribution in [1.29, 1.82) is 0 Å². The number of hydrogen-bond donors (Lipinski definition) is 1. The molecule has 0 aliphatic carbocycles. The summed E-state index contributed by atoms with van der Waals surface area (Å²) in [4.78, 5) is 30.1. The average molecular weight is 440 g/mol. The molecule has 0 saturated heterocycles. The number of ether oxygens (including phenoxy) is 2. The first-order valence-corrected chi connectivity index (χ1v) is 11.3. The van der Waals surface area contributed by atoms with E-state index < -0.39 is 0 Å². The summed E-state index contributed by atoms with van der Waals surface area (Å²) < 4.78 is 12.4. The molecule has 0 fully saturated rings. The number of hydrogen-bond acceptors (Lipinski definition) is 6. The van der Waals surface area contributed by atoms with Crippen LogP contribution < -0.4 is 20.3 Å². The van der Waals surface area contributed by atoms with Gasteiger partial charge in [0.05, 0.1) is 16.7 Å². The number of aromatic nitrogens is 2. The second kappa shape index (κ2) is 9.43. The first-order valence-electron chi connectivity index (χ1n) is 10.3. The van der Waals surface area contributed by atoms with E-state index in [0.29, 0.717) is 46.6 Å². The normalized spacial score (nSPS) is 12.5. The molecule has 0 radical (unpaired) electrons. The molecule has 7 nitrogen and oxygen atoms in total. The Kier molecular flexibility index (Phi) is 6.46. The number of carbonyl (C=O) groups excluding carboxylic acids is 1. The van der Waals surface area contributed by atoms with Crippen LogP contribution in [-0.4, -0.2) is 28.0 Å². The molecule has 0 bridgehead atoms. The Morgan fingerprint density at radius 3 is 2.84 bits per heavy atom. The van der Waals surface area contributed by atoms with Gasteiger partial charge in [0.2, 0.25) is 12.7 Å². The lowest BCUT2D eigenvalue weighted by molar-refractivity contribution is -0.118. The third-order valence-electron chi connectivity index (χ3n) is 5.02. The van der Waals surface area contributed by atoms with Crippen LogP contribution in [0.3, 0.4) is 0 Å². The van der Waals surface area contributed by atoms with E-state index in [2.05, 4.69) is 24.1 Å². The van der Waals surface area contributed by atoms with Gasteiger partial charge in [-0.2, -0.15) is 0 Å². The Bertz CT molecular complexity index is 1160. The van der Waals surface area contributed by atoms with Crippen LogP contribution in [0, 0.1) is 5.92 Å². The molecule has 0 saturated carbocycles. The zero-order valence-electron chi connectivity index (χ0n) is 17.6. The number of rotatable bonds is 8. The fourth-order valence-corrected chi connectivity index (χ4v) is 4.13. The number of nitrogens with one attached hydrogen (secondary N) is 1. The molecule has 1 amide bonds. The molecule has 4 rings (SSSR count). The summed E-state index contributed by atoms with van der Waals surface area (Å²) in [5.41, 5.74) is 1.52. The number of nitrogens with zero attached hydrogens (tertiary/aromatic N) is 2. The van der Waals surface area contributed by atoms with E-state index >= 15 is 0 Å². The molecule has 162 valence electrons. The lowest BCUT2D eigenvalue weighted by atomic mass is 10.1. The van der Waals surface area contributed by atoms with Crippen LogP contribution in [0.25, 0.3) is 10.9 Å². The molecule has 2 heterocycles. The van der Waals surface area contributed by atoms with Crippen molar-refractivity contribution in [3.63, 3.8) is 0 Å². The SMILES string of the molecule is CC(C)CCn1c(SCC(=O)NCc2ccc3c(c2)OCO3)nc2ccccc2c1=O. The maximum absolute atomic E-state index is 13.0. The van der Waals surface area contributed by atoms with Gasteiger partial charge in [-0.05, 0) is 42.2 Å². The van der Waals surface area contributed by atoms with E-state index in [0.717, 1.165) is 12.0 Å². The van der Waals surface area contributed by atoms with Gasteiger partial charge in [-0.1, -0.05) is 43.8 Å². The molecular formula is C23H25N3O4S. The van der Waals surface area contributed by atoms with Crippen LogP contribution in [-0.2, 0) is 17.9 Å². The monoisotopic (exact) mass is 439 g/mol. The largest absolute Gasteiger partial charge is 0.454 e. The molecule has 1 aliphatic rings. The smallest absolute Gasteiger partial charge is 0.262 e. The maximum Gasteiger partial charge on any atom is 0.262 e. The van der Waals surface area contributed by atoms with Crippen LogP contribution >= 0.6 is 11.8 Å². The van der Waals surface area contributed by atoms with Gasteiger partial charge in [0.1, 0.15) is 0 Å². The lowest BCUT2D eigenvalue weighted by Gasteiger charge is -2.14. The second-order valence-electron chi connectivity index (χ2n) is 7.80.